The van der Waals surface area contributed by atoms with Crippen LogP contribution in [-0.2, 0) is 48.5 Å². The first-order valence-corrected chi connectivity index (χ1v) is 15.0. The maximum Gasteiger partial charge on any atom is 7.00 e. The van der Waals surface area contributed by atoms with Gasteiger partial charge >= 0.3 is 20.1 Å². The van der Waals surface area contributed by atoms with Crippen LogP contribution in [-0.4, -0.2) is 116 Å². The summed E-state index contributed by atoms with van der Waals surface area (Å²) in [5.74, 6) is 0. The molecule has 0 aliphatic carbocycles. The van der Waals surface area contributed by atoms with E-state index in [0.717, 1.165) is 0 Å². The minimum absolute atomic E-state index is 0. The number of methoxy groups -OCH3 is 6. The normalized spacial score (nSPS) is 10.5. The summed E-state index contributed by atoms with van der Waals surface area (Å²) in [4.78, 5) is 19.2. The number of hydrogen-bond acceptors (Lipinski definition) is 6. The number of ether oxygens (including phenoxy) is 6. The van der Waals surface area contributed by atoms with Crippen LogP contribution in [0.1, 0.15) is 83.1 Å². The molecule has 0 aliphatic rings. The van der Waals surface area contributed by atoms with Crippen LogP contribution in [0.3, 0.4) is 0 Å². The summed E-state index contributed by atoms with van der Waals surface area (Å²) in [6, 6.07) is 0. The monoisotopic (exact) mass is 777 g/mol. The molecule has 0 spiro atoms. The molecule has 0 amide bonds. The molecule has 0 unspecified atom stereocenters. The minimum atomic E-state index is -0.262. The first-order chi connectivity index (χ1) is 21.7. The van der Waals surface area contributed by atoms with Crippen molar-refractivity contribution in [1.29, 1.82) is 0 Å². The molecule has 0 N–H and O–H groups in total. The average Bonchev–Trinajstić information content (AvgIpc) is 2.99. The van der Waals surface area contributed by atoms with E-state index in [9.17, 15) is 0 Å². The summed E-state index contributed by atoms with van der Waals surface area (Å²) in [5, 5.41) is 0. The molecule has 0 saturated heterocycles. The molecule has 0 fully saturated rings. The fraction of sp³-hybridized carbons (Fsp3) is 0.833. The van der Waals surface area contributed by atoms with Crippen molar-refractivity contribution in [3.05, 3.63) is 68.5 Å². The van der Waals surface area contributed by atoms with Gasteiger partial charge in [-0.3, -0.25) is 0 Å². The van der Waals surface area contributed by atoms with Gasteiger partial charge < -0.3 is 57.5 Å². The summed E-state index contributed by atoms with van der Waals surface area (Å²) in [6.45, 7) is 64.4. The maximum atomic E-state index is 6.51. The third kappa shape index (κ3) is 55.0. The van der Waals surface area contributed by atoms with Gasteiger partial charge in [-0.1, -0.05) is 0 Å². The smallest absolute Gasteiger partial charge is 0.371 e. The molecule has 0 heterocycles. The van der Waals surface area contributed by atoms with Crippen LogP contribution in [0.2, 0.25) is 0 Å². The molecule has 12 nitrogen and oxygen atoms in total. The van der Waals surface area contributed by atoms with E-state index in [0.29, 0.717) is 39.3 Å². The Morgan fingerprint density at radius 3 is 0.388 bits per heavy atom. The van der Waals surface area contributed by atoms with Gasteiger partial charge in [0, 0.05) is 42.7 Å². The van der Waals surface area contributed by atoms with Crippen LogP contribution in [0.5, 0.6) is 0 Å². The zero-order valence-corrected chi connectivity index (χ0v) is 35.6. The van der Waals surface area contributed by atoms with Crippen LogP contribution in [0.15, 0.2) is 0 Å². The molecule has 0 aromatic heterocycles. The van der Waals surface area contributed by atoms with Crippen molar-refractivity contribution in [3.63, 3.8) is 0 Å². The SMILES string of the molecule is [99Tc+7].[C-]#[N+]CC(C)(C)OC.[C-]#[N+]CC(C)(C)OC.[C-]#[N+]CC(C)(C)OC.[C-]#[N+]CC(C)(C)OC.[C-]#[N+]CC(C)(C)OC.[C-]#[N+]CC(C)(C)OC. The van der Waals surface area contributed by atoms with E-state index in [-0.39, 0.29) is 53.7 Å². The van der Waals surface area contributed by atoms with E-state index in [4.69, 9.17) is 67.9 Å². The zero-order chi connectivity index (χ0) is 39.7. The topological polar surface area (TPSA) is 81.5 Å². The second kappa shape index (κ2) is 33.8. The van der Waals surface area contributed by atoms with Crippen molar-refractivity contribution >= 4 is 0 Å². The Labute approximate surface area is 314 Å². The van der Waals surface area contributed by atoms with E-state index in [1.807, 2.05) is 83.1 Å². The van der Waals surface area contributed by atoms with Crippen molar-refractivity contribution in [1.82, 2.24) is 0 Å². The Hall–Kier alpha value is -2.65. The number of hydrogen-bond donors (Lipinski definition) is 0. The molecule has 49 heavy (non-hydrogen) atoms. The summed E-state index contributed by atoms with van der Waals surface area (Å²) < 4.78 is 29.8. The van der Waals surface area contributed by atoms with Gasteiger partial charge in [-0.2, -0.15) is 0 Å². The van der Waals surface area contributed by atoms with Gasteiger partial charge in [0.2, 0.25) is 39.3 Å². The van der Waals surface area contributed by atoms with Crippen molar-refractivity contribution in [2.75, 3.05) is 81.9 Å². The maximum absolute atomic E-state index is 6.51. The average molecular weight is 778 g/mol. The summed E-state index contributed by atoms with van der Waals surface area (Å²) in [7, 11) is 9.70. The first kappa shape index (κ1) is 61.6. The van der Waals surface area contributed by atoms with Gasteiger partial charge in [0.25, 0.3) is 0 Å². The second-order valence-electron chi connectivity index (χ2n) is 13.7. The Morgan fingerprint density at radius 2 is 0.367 bits per heavy atom. The molecule has 13 heteroatoms. The van der Waals surface area contributed by atoms with Gasteiger partial charge in [0.15, 0.2) is 0 Å². The van der Waals surface area contributed by atoms with Crippen LogP contribution < -0.4 is 0 Å². The predicted molar refractivity (Wildman–Crippen MR) is 195 cm³/mol. The molecule has 0 bridgehead atoms. The summed E-state index contributed by atoms with van der Waals surface area (Å²) in [5.41, 5.74) is -1.57. The van der Waals surface area contributed by atoms with E-state index in [2.05, 4.69) is 29.1 Å². The third-order valence-electron chi connectivity index (χ3n) is 6.07. The van der Waals surface area contributed by atoms with Crippen molar-refractivity contribution in [3.8, 4) is 0 Å². The zero-order valence-electron chi connectivity index (χ0n) is 33.8. The fourth-order valence-corrected chi connectivity index (χ4v) is 1.53. The molecule has 0 aliphatic heterocycles. The van der Waals surface area contributed by atoms with E-state index in [1.54, 1.807) is 42.7 Å². The molecular formula is C36H66N6O6Tc+7. The molecule has 0 atom stereocenters. The fourth-order valence-electron chi connectivity index (χ4n) is 1.53. The molecule has 0 saturated carbocycles. The van der Waals surface area contributed by atoms with Gasteiger partial charge in [0.1, 0.15) is 33.6 Å². The van der Waals surface area contributed by atoms with E-state index < -0.39 is 0 Å². The Morgan fingerprint density at radius 1 is 0.286 bits per heavy atom. The van der Waals surface area contributed by atoms with Gasteiger partial charge in [-0.25, -0.2) is 39.4 Å². The third-order valence-corrected chi connectivity index (χ3v) is 6.07. The van der Waals surface area contributed by atoms with E-state index in [1.165, 1.54) is 0 Å². The Kier molecular flexibility index (Phi) is 42.5. The van der Waals surface area contributed by atoms with Crippen LogP contribution in [0.4, 0.5) is 0 Å². The van der Waals surface area contributed by atoms with Gasteiger partial charge in [-0.05, 0) is 83.1 Å². The van der Waals surface area contributed by atoms with Crippen LogP contribution in [0.25, 0.3) is 29.1 Å². The van der Waals surface area contributed by atoms with Crippen molar-refractivity contribution < 1.29 is 48.5 Å². The minimum Gasteiger partial charge on any atom is -0.371 e. The molecule has 0 radical (unpaired) electrons. The predicted octanol–water partition coefficient (Wildman–Crippen LogP) is 7.98. The molecule has 276 valence electrons. The standard InChI is InChI=1S/6C6H11NO.Tc/c6*1-6(2,8-4)5-7-3;/h6*5H2,1-2,4H3;/q;;;;;;+7/i;;;;;;1+1. The molecule has 0 aromatic rings. The van der Waals surface area contributed by atoms with Crippen LogP contribution in [0, 0.1) is 39.4 Å². The number of rotatable bonds is 12. The van der Waals surface area contributed by atoms with Crippen molar-refractivity contribution in [2.45, 2.75) is 117 Å². The molecule has 0 aromatic carbocycles. The van der Waals surface area contributed by atoms with Crippen molar-refractivity contribution in [2.24, 2.45) is 0 Å². The van der Waals surface area contributed by atoms with Gasteiger partial charge in [-0.15, -0.1) is 0 Å². The summed E-state index contributed by atoms with van der Waals surface area (Å²) >= 11 is 0. The van der Waals surface area contributed by atoms with Gasteiger partial charge in [0.05, 0.1) is 0 Å². The Bertz CT molecular complexity index is 834. The molecule has 0 rings (SSSR count). The van der Waals surface area contributed by atoms with Crippen LogP contribution >= 0.6 is 0 Å². The Balaban J connectivity index is -0.0000000860. The first-order valence-electron chi connectivity index (χ1n) is 15.0. The number of nitrogens with zero attached hydrogens (tertiary/aromatic N) is 6. The second-order valence-corrected chi connectivity index (χ2v) is 13.7. The molecular weight excluding hydrogens is 711 g/mol. The van der Waals surface area contributed by atoms with E-state index >= 15 is 0 Å². The summed E-state index contributed by atoms with van der Waals surface area (Å²) in [6.07, 6.45) is 0. The largest absolute Gasteiger partial charge is 7.00 e. The quantitative estimate of drug-likeness (QED) is 0.187.